The van der Waals surface area contributed by atoms with Crippen molar-refractivity contribution >= 4 is 23.3 Å². The number of amides is 1. The highest BCUT2D eigenvalue weighted by Gasteiger charge is 2.18. The highest BCUT2D eigenvalue weighted by atomic mass is 16.5. The molecule has 30 heavy (non-hydrogen) atoms. The van der Waals surface area contributed by atoms with E-state index in [4.69, 9.17) is 4.74 Å². The average molecular weight is 401 g/mol. The van der Waals surface area contributed by atoms with E-state index < -0.39 is 11.9 Å². The van der Waals surface area contributed by atoms with E-state index in [-0.39, 0.29) is 18.3 Å². The molecule has 1 N–H and O–H groups in total. The summed E-state index contributed by atoms with van der Waals surface area (Å²) < 4.78 is 4.99. The number of ketones is 1. The van der Waals surface area contributed by atoms with Crippen LogP contribution in [0, 0.1) is 0 Å². The smallest absolute Gasteiger partial charge is 0.338 e. The lowest BCUT2D eigenvalue weighted by atomic mass is 9.95. The zero-order chi connectivity index (χ0) is 21.5. The molecule has 1 atom stereocenters. The number of nitrogens with one attached hydrogen (secondary N) is 1. The van der Waals surface area contributed by atoms with Gasteiger partial charge in [-0.05, 0) is 43.7 Å². The standard InChI is InChI=1S/C25H23NO4/c1-3-30-25(29)21-13-8-14-22(16-21)26-24(28)17(2)19-11-7-12-20(15-19)23(27)18-9-5-4-6-10-18/h4-17H,3H2,1-2H3,(H,26,28)/t17-/m1/s1. The third-order valence-corrected chi connectivity index (χ3v) is 4.72. The topological polar surface area (TPSA) is 72.5 Å². The van der Waals surface area contributed by atoms with Crippen LogP contribution in [0.4, 0.5) is 5.69 Å². The van der Waals surface area contributed by atoms with Gasteiger partial charge in [0.05, 0.1) is 18.1 Å². The van der Waals surface area contributed by atoms with Crippen LogP contribution < -0.4 is 5.32 Å². The van der Waals surface area contributed by atoms with E-state index in [2.05, 4.69) is 5.32 Å². The number of esters is 1. The van der Waals surface area contributed by atoms with Gasteiger partial charge in [-0.15, -0.1) is 0 Å². The molecule has 0 spiro atoms. The number of ether oxygens (including phenoxy) is 1. The van der Waals surface area contributed by atoms with Crippen LogP contribution in [-0.4, -0.2) is 24.3 Å². The Bertz CT molecular complexity index is 1060. The second kappa shape index (κ2) is 9.65. The molecule has 152 valence electrons. The van der Waals surface area contributed by atoms with Crippen LogP contribution in [-0.2, 0) is 9.53 Å². The lowest BCUT2D eigenvalue weighted by Gasteiger charge is -2.14. The normalized spacial score (nSPS) is 11.4. The Morgan fingerprint density at radius 2 is 1.50 bits per heavy atom. The predicted octanol–water partition coefficient (Wildman–Crippen LogP) is 4.84. The monoisotopic (exact) mass is 401 g/mol. The Balaban J connectivity index is 1.75. The maximum atomic E-state index is 12.8. The van der Waals surface area contributed by atoms with Gasteiger partial charge in [-0.3, -0.25) is 9.59 Å². The molecule has 0 aliphatic rings. The SMILES string of the molecule is CCOC(=O)c1cccc(NC(=O)[C@H](C)c2cccc(C(=O)c3ccccc3)c2)c1. The molecule has 0 radical (unpaired) electrons. The van der Waals surface area contributed by atoms with Crippen molar-refractivity contribution in [3.63, 3.8) is 0 Å². The first kappa shape index (κ1) is 21.0. The summed E-state index contributed by atoms with van der Waals surface area (Å²) in [5, 5.41) is 2.83. The maximum absolute atomic E-state index is 12.8. The summed E-state index contributed by atoms with van der Waals surface area (Å²) in [6.07, 6.45) is 0. The number of carbonyl (C=O) groups excluding carboxylic acids is 3. The molecule has 5 nitrogen and oxygen atoms in total. The fraction of sp³-hybridized carbons (Fsp3) is 0.160. The maximum Gasteiger partial charge on any atom is 0.338 e. The van der Waals surface area contributed by atoms with Crippen molar-refractivity contribution in [1.82, 2.24) is 0 Å². The molecule has 0 saturated heterocycles. The first-order valence-corrected chi connectivity index (χ1v) is 9.77. The number of carbonyl (C=O) groups is 3. The van der Waals surface area contributed by atoms with Crippen LogP contribution in [0.3, 0.4) is 0 Å². The van der Waals surface area contributed by atoms with E-state index in [0.717, 1.165) is 5.56 Å². The molecule has 5 heteroatoms. The van der Waals surface area contributed by atoms with Gasteiger partial charge < -0.3 is 10.1 Å². The zero-order valence-corrected chi connectivity index (χ0v) is 16.9. The molecule has 0 fully saturated rings. The van der Waals surface area contributed by atoms with Crippen molar-refractivity contribution in [3.05, 3.63) is 101 Å². The van der Waals surface area contributed by atoms with Gasteiger partial charge in [0.2, 0.25) is 5.91 Å². The molecule has 0 heterocycles. The molecular weight excluding hydrogens is 378 g/mol. The van der Waals surface area contributed by atoms with Crippen LogP contribution >= 0.6 is 0 Å². The fourth-order valence-electron chi connectivity index (χ4n) is 3.05. The second-order valence-corrected chi connectivity index (χ2v) is 6.83. The molecule has 3 rings (SSSR count). The number of rotatable bonds is 7. The summed E-state index contributed by atoms with van der Waals surface area (Å²) in [6, 6.07) is 22.7. The number of anilines is 1. The number of benzene rings is 3. The molecular formula is C25H23NO4. The van der Waals surface area contributed by atoms with Crippen molar-refractivity contribution < 1.29 is 19.1 Å². The van der Waals surface area contributed by atoms with Crippen molar-refractivity contribution in [3.8, 4) is 0 Å². The van der Waals surface area contributed by atoms with Crippen molar-refractivity contribution in [2.75, 3.05) is 11.9 Å². The van der Waals surface area contributed by atoms with E-state index in [0.29, 0.717) is 22.4 Å². The third kappa shape index (κ3) is 5.00. The van der Waals surface area contributed by atoms with Gasteiger partial charge in [-0.2, -0.15) is 0 Å². The molecule has 3 aromatic carbocycles. The Morgan fingerprint density at radius 1 is 0.833 bits per heavy atom. The van der Waals surface area contributed by atoms with Crippen molar-refractivity contribution in [2.24, 2.45) is 0 Å². The van der Waals surface area contributed by atoms with Gasteiger partial charge in [0.1, 0.15) is 0 Å². The van der Waals surface area contributed by atoms with E-state index in [1.54, 1.807) is 68.4 Å². The molecule has 3 aromatic rings. The van der Waals surface area contributed by atoms with Gasteiger partial charge in [-0.1, -0.05) is 54.6 Å². The fourth-order valence-corrected chi connectivity index (χ4v) is 3.05. The molecule has 0 unspecified atom stereocenters. The van der Waals surface area contributed by atoms with E-state index >= 15 is 0 Å². The Kier molecular flexibility index (Phi) is 6.75. The minimum Gasteiger partial charge on any atom is -0.462 e. The molecule has 0 saturated carbocycles. The van der Waals surface area contributed by atoms with Gasteiger partial charge in [-0.25, -0.2) is 4.79 Å². The van der Waals surface area contributed by atoms with Crippen LogP contribution in [0.25, 0.3) is 0 Å². The summed E-state index contributed by atoms with van der Waals surface area (Å²) in [7, 11) is 0. The highest BCUT2D eigenvalue weighted by molar-refractivity contribution is 6.09. The van der Waals surface area contributed by atoms with Gasteiger partial charge in [0.25, 0.3) is 0 Å². The van der Waals surface area contributed by atoms with Crippen LogP contribution in [0.15, 0.2) is 78.9 Å². The summed E-state index contributed by atoms with van der Waals surface area (Å²) in [5.74, 6) is -1.25. The van der Waals surface area contributed by atoms with E-state index in [1.165, 1.54) is 0 Å². The molecule has 0 aliphatic carbocycles. The minimum absolute atomic E-state index is 0.0906. The largest absolute Gasteiger partial charge is 0.462 e. The van der Waals surface area contributed by atoms with Crippen LogP contribution in [0.1, 0.15) is 51.6 Å². The Labute approximate surface area is 175 Å². The lowest BCUT2D eigenvalue weighted by molar-refractivity contribution is -0.117. The average Bonchev–Trinajstić information content (AvgIpc) is 2.79. The summed E-state index contributed by atoms with van der Waals surface area (Å²) in [5.41, 5.74) is 2.74. The van der Waals surface area contributed by atoms with Gasteiger partial charge in [0, 0.05) is 16.8 Å². The van der Waals surface area contributed by atoms with Gasteiger partial charge >= 0.3 is 5.97 Å². The van der Waals surface area contributed by atoms with E-state index in [9.17, 15) is 14.4 Å². The summed E-state index contributed by atoms with van der Waals surface area (Å²) in [6.45, 7) is 3.79. The third-order valence-electron chi connectivity index (χ3n) is 4.72. The summed E-state index contributed by atoms with van der Waals surface area (Å²) >= 11 is 0. The van der Waals surface area contributed by atoms with Gasteiger partial charge in [0.15, 0.2) is 5.78 Å². The molecule has 1 amide bonds. The van der Waals surface area contributed by atoms with E-state index in [1.807, 2.05) is 24.3 Å². The first-order chi connectivity index (χ1) is 14.5. The van der Waals surface area contributed by atoms with Crippen molar-refractivity contribution in [1.29, 1.82) is 0 Å². The highest BCUT2D eigenvalue weighted by Crippen LogP contribution is 2.21. The van der Waals surface area contributed by atoms with Crippen molar-refractivity contribution in [2.45, 2.75) is 19.8 Å². The molecule has 0 bridgehead atoms. The zero-order valence-electron chi connectivity index (χ0n) is 16.9. The summed E-state index contributed by atoms with van der Waals surface area (Å²) in [4.78, 5) is 37.3. The quantitative estimate of drug-likeness (QED) is 0.454. The second-order valence-electron chi connectivity index (χ2n) is 6.83. The Morgan fingerprint density at radius 3 is 2.23 bits per heavy atom. The van der Waals surface area contributed by atoms with Crippen LogP contribution in [0.2, 0.25) is 0 Å². The lowest BCUT2D eigenvalue weighted by Crippen LogP contribution is -2.19. The molecule has 0 aromatic heterocycles. The Hall–Kier alpha value is -3.73. The number of hydrogen-bond acceptors (Lipinski definition) is 4. The number of hydrogen-bond donors (Lipinski definition) is 1. The van der Waals surface area contributed by atoms with Crippen LogP contribution in [0.5, 0.6) is 0 Å². The predicted molar refractivity (Wildman–Crippen MR) is 116 cm³/mol. The minimum atomic E-state index is -0.486. The first-order valence-electron chi connectivity index (χ1n) is 9.77. The molecule has 0 aliphatic heterocycles.